The van der Waals surface area contributed by atoms with Crippen LogP contribution in [0.25, 0.3) is 0 Å². The van der Waals surface area contributed by atoms with E-state index in [1.807, 2.05) is 6.92 Å². The first-order valence-corrected chi connectivity index (χ1v) is 8.84. The summed E-state index contributed by atoms with van der Waals surface area (Å²) in [4.78, 5) is 13.3. The van der Waals surface area contributed by atoms with Gasteiger partial charge in [-0.1, -0.05) is 0 Å². The summed E-state index contributed by atoms with van der Waals surface area (Å²) in [5.74, 6) is 0.811. The van der Waals surface area contributed by atoms with Crippen LogP contribution in [0.4, 0.5) is 14.5 Å². The van der Waals surface area contributed by atoms with Crippen LogP contribution in [0.1, 0.15) is 12.5 Å². The van der Waals surface area contributed by atoms with Gasteiger partial charge in [-0.15, -0.1) is 0 Å². The van der Waals surface area contributed by atoms with E-state index in [2.05, 4.69) is 10.1 Å². The number of carbonyl (C=O) groups excluding carboxylic acids is 1. The van der Waals surface area contributed by atoms with Gasteiger partial charge in [-0.05, 0) is 49.4 Å². The molecule has 0 spiro atoms. The van der Waals surface area contributed by atoms with E-state index in [4.69, 9.17) is 9.47 Å². The summed E-state index contributed by atoms with van der Waals surface area (Å²) in [5, 5.41) is 2.85. The zero-order valence-electron chi connectivity index (χ0n) is 16.1. The number of hydrogen-bond donors (Lipinski definition) is 2. The highest BCUT2D eigenvalue weighted by atomic mass is 19.3. The second kappa shape index (κ2) is 10.5. The lowest BCUT2D eigenvalue weighted by Crippen LogP contribution is -3.11. The molecule has 0 aromatic heterocycles. The van der Waals surface area contributed by atoms with Crippen molar-refractivity contribution in [3.8, 4) is 17.2 Å². The minimum absolute atomic E-state index is 0.0171. The van der Waals surface area contributed by atoms with Crippen molar-refractivity contribution in [3.05, 3.63) is 48.0 Å². The maximum Gasteiger partial charge on any atom is 0.387 e. The van der Waals surface area contributed by atoms with E-state index in [-0.39, 0.29) is 24.0 Å². The third kappa shape index (κ3) is 6.38. The van der Waals surface area contributed by atoms with E-state index < -0.39 is 6.61 Å². The number of benzene rings is 2. The minimum atomic E-state index is -2.92. The minimum Gasteiger partial charge on any atom is -0.497 e. The lowest BCUT2D eigenvalue weighted by atomic mass is 10.2. The summed E-state index contributed by atoms with van der Waals surface area (Å²) >= 11 is 0. The van der Waals surface area contributed by atoms with E-state index in [1.165, 1.54) is 13.2 Å². The molecule has 6 nitrogen and oxygen atoms in total. The van der Waals surface area contributed by atoms with Gasteiger partial charge in [0, 0.05) is 11.3 Å². The van der Waals surface area contributed by atoms with Crippen LogP contribution < -0.4 is 24.4 Å². The van der Waals surface area contributed by atoms with Crippen LogP contribution in [0.3, 0.4) is 0 Å². The molecular formula is C20H25F2N2O4+. The Kier molecular flexibility index (Phi) is 8.01. The predicted molar refractivity (Wildman–Crippen MR) is 101 cm³/mol. The molecule has 0 saturated carbocycles. The SMILES string of the molecule is CC[NH+](CC(=O)Nc1ccc(OC)cc1)Cc1ccc(OC(F)F)c(OC)c1. The molecule has 28 heavy (non-hydrogen) atoms. The molecule has 2 rings (SSSR count). The summed E-state index contributed by atoms with van der Waals surface area (Å²) in [7, 11) is 2.97. The molecular weight excluding hydrogens is 370 g/mol. The quantitative estimate of drug-likeness (QED) is 0.648. The molecule has 0 fully saturated rings. The number of amides is 1. The fourth-order valence-electron chi connectivity index (χ4n) is 2.72. The number of methoxy groups -OCH3 is 2. The highest BCUT2D eigenvalue weighted by molar-refractivity contribution is 5.91. The maximum absolute atomic E-state index is 12.4. The Bertz CT molecular complexity index is 769. The number of rotatable bonds is 10. The third-order valence-corrected chi connectivity index (χ3v) is 4.18. The molecule has 2 aromatic carbocycles. The predicted octanol–water partition coefficient (Wildman–Crippen LogP) is 2.35. The number of anilines is 1. The number of halogens is 2. The number of alkyl halides is 2. The van der Waals surface area contributed by atoms with E-state index in [9.17, 15) is 13.6 Å². The van der Waals surface area contributed by atoms with Gasteiger partial charge in [0.25, 0.3) is 5.91 Å². The number of quaternary nitrogens is 1. The molecule has 0 radical (unpaired) electrons. The summed E-state index contributed by atoms with van der Waals surface area (Å²) in [5.41, 5.74) is 1.55. The zero-order chi connectivity index (χ0) is 20.5. The molecule has 2 N–H and O–H groups in total. The van der Waals surface area contributed by atoms with Crippen molar-refractivity contribution in [2.75, 3.05) is 32.6 Å². The molecule has 1 unspecified atom stereocenters. The average molecular weight is 395 g/mol. The Morgan fingerprint density at radius 1 is 1.07 bits per heavy atom. The van der Waals surface area contributed by atoms with E-state index in [0.717, 1.165) is 10.5 Å². The zero-order valence-corrected chi connectivity index (χ0v) is 16.1. The molecule has 0 aliphatic carbocycles. The van der Waals surface area contributed by atoms with Crippen molar-refractivity contribution in [1.29, 1.82) is 0 Å². The van der Waals surface area contributed by atoms with Crippen molar-refractivity contribution in [1.82, 2.24) is 0 Å². The lowest BCUT2D eigenvalue weighted by molar-refractivity contribution is -0.903. The first-order chi connectivity index (χ1) is 13.4. The topological polar surface area (TPSA) is 61.2 Å². The molecule has 0 aliphatic heterocycles. The Labute approximate surface area is 163 Å². The monoisotopic (exact) mass is 395 g/mol. The number of hydrogen-bond acceptors (Lipinski definition) is 4. The van der Waals surface area contributed by atoms with E-state index in [1.54, 1.807) is 43.5 Å². The van der Waals surface area contributed by atoms with Gasteiger partial charge >= 0.3 is 6.61 Å². The molecule has 8 heteroatoms. The van der Waals surface area contributed by atoms with Crippen molar-refractivity contribution in [3.63, 3.8) is 0 Å². The van der Waals surface area contributed by atoms with Crippen LogP contribution >= 0.6 is 0 Å². The van der Waals surface area contributed by atoms with E-state index in [0.29, 0.717) is 24.5 Å². The number of likely N-dealkylation sites (N-methyl/N-ethyl adjacent to an activating group) is 1. The second-order valence-electron chi connectivity index (χ2n) is 6.10. The largest absolute Gasteiger partial charge is 0.497 e. The number of nitrogens with one attached hydrogen (secondary N) is 2. The van der Waals surface area contributed by atoms with Crippen LogP contribution in [-0.4, -0.2) is 39.8 Å². The van der Waals surface area contributed by atoms with Gasteiger partial charge in [0.05, 0.1) is 20.8 Å². The first-order valence-electron chi connectivity index (χ1n) is 8.84. The third-order valence-electron chi connectivity index (χ3n) is 4.18. The Morgan fingerprint density at radius 2 is 1.79 bits per heavy atom. The highest BCUT2D eigenvalue weighted by Crippen LogP contribution is 2.29. The van der Waals surface area contributed by atoms with Crippen LogP contribution in [0.15, 0.2) is 42.5 Å². The summed E-state index contributed by atoms with van der Waals surface area (Å²) in [6.07, 6.45) is 0. The smallest absolute Gasteiger partial charge is 0.387 e. The normalized spacial score (nSPS) is 11.8. The molecule has 2 aromatic rings. The molecule has 0 heterocycles. The summed E-state index contributed by atoms with van der Waals surface area (Å²) < 4.78 is 39.5. The fourth-order valence-corrected chi connectivity index (χ4v) is 2.72. The summed E-state index contributed by atoms with van der Waals surface area (Å²) in [6, 6.07) is 11.9. The highest BCUT2D eigenvalue weighted by Gasteiger charge is 2.16. The average Bonchev–Trinajstić information content (AvgIpc) is 2.68. The van der Waals surface area contributed by atoms with Crippen molar-refractivity contribution < 1.29 is 32.7 Å². The van der Waals surface area contributed by atoms with Crippen LogP contribution in [0, 0.1) is 0 Å². The Morgan fingerprint density at radius 3 is 2.36 bits per heavy atom. The molecule has 0 saturated heterocycles. The van der Waals surface area contributed by atoms with Crippen LogP contribution in [0.5, 0.6) is 17.2 Å². The first kappa shape index (κ1) is 21.4. The van der Waals surface area contributed by atoms with Gasteiger partial charge in [0.15, 0.2) is 18.0 Å². The number of carbonyl (C=O) groups is 1. The summed E-state index contributed by atoms with van der Waals surface area (Å²) in [6.45, 7) is 0.576. The molecule has 0 bridgehead atoms. The fraction of sp³-hybridized carbons (Fsp3) is 0.350. The molecule has 1 amide bonds. The van der Waals surface area contributed by atoms with E-state index >= 15 is 0 Å². The molecule has 0 aliphatic rings. The van der Waals surface area contributed by atoms with Gasteiger partial charge in [-0.2, -0.15) is 8.78 Å². The second-order valence-corrected chi connectivity index (χ2v) is 6.10. The van der Waals surface area contributed by atoms with Crippen molar-refractivity contribution in [2.45, 2.75) is 20.1 Å². The molecule has 1 atom stereocenters. The lowest BCUT2D eigenvalue weighted by Gasteiger charge is -2.18. The number of ether oxygens (including phenoxy) is 3. The Balaban J connectivity index is 1.98. The van der Waals surface area contributed by atoms with Gasteiger partial charge in [0.1, 0.15) is 12.3 Å². The van der Waals surface area contributed by atoms with Crippen LogP contribution in [-0.2, 0) is 11.3 Å². The van der Waals surface area contributed by atoms with Crippen LogP contribution in [0.2, 0.25) is 0 Å². The van der Waals surface area contributed by atoms with Crippen molar-refractivity contribution >= 4 is 11.6 Å². The van der Waals surface area contributed by atoms with Gasteiger partial charge in [-0.25, -0.2) is 0 Å². The Hall–Kier alpha value is -2.87. The standard InChI is InChI=1S/C20H24F2N2O4/c1-4-24(13-19(25)23-15-6-8-16(26-2)9-7-15)12-14-5-10-17(28-20(21)22)18(11-14)27-3/h5-11,20H,4,12-13H2,1-3H3,(H,23,25)/p+1. The van der Waals surface area contributed by atoms with Gasteiger partial charge in [-0.3, -0.25) is 4.79 Å². The maximum atomic E-state index is 12.4. The van der Waals surface area contributed by atoms with Gasteiger partial charge in [0.2, 0.25) is 0 Å². The molecule has 152 valence electrons. The van der Waals surface area contributed by atoms with Gasteiger partial charge < -0.3 is 24.4 Å². The van der Waals surface area contributed by atoms with Crippen molar-refractivity contribution in [2.24, 2.45) is 0 Å².